The molecule has 1 atom stereocenters. The first-order valence-corrected chi connectivity index (χ1v) is 8.67. The van der Waals surface area contributed by atoms with Gasteiger partial charge in [0.05, 0.1) is 18.4 Å². The molecule has 0 aliphatic rings. The number of aliphatic hydroxyl groups excluding tert-OH is 1. The Kier molecular flexibility index (Phi) is 6.24. The van der Waals surface area contributed by atoms with E-state index in [1.165, 1.54) is 22.9 Å². The van der Waals surface area contributed by atoms with Gasteiger partial charge in [0, 0.05) is 18.1 Å². The fourth-order valence-corrected chi connectivity index (χ4v) is 2.93. The maximum atomic E-state index is 11.9. The molecule has 2 N–H and O–H groups in total. The quantitative estimate of drug-likeness (QED) is 0.764. The molecule has 1 aromatic heterocycles. The van der Waals surface area contributed by atoms with Crippen LogP contribution in [0.2, 0.25) is 0 Å². The van der Waals surface area contributed by atoms with Crippen molar-refractivity contribution in [3.63, 3.8) is 0 Å². The minimum Gasteiger partial charge on any atom is -0.394 e. The van der Waals surface area contributed by atoms with E-state index in [0.717, 1.165) is 10.8 Å². The van der Waals surface area contributed by atoms with Gasteiger partial charge in [0.15, 0.2) is 5.16 Å². The molecule has 0 aliphatic carbocycles. The SMILES string of the molecule is CCC(CO)NC(=O)CSc1nccn1-c1ccc(C)c(C)c1. The number of amides is 1. The molecule has 0 fully saturated rings. The second-order valence-corrected chi connectivity index (χ2v) is 6.43. The molecular weight excluding hydrogens is 310 g/mol. The van der Waals surface area contributed by atoms with Crippen LogP contribution in [0.25, 0.3) is 5.69 Å². The van der Waals surface area contributed by atoms with Crippen molar-refractivity contribution >= 4 is 17.7 Å². The number of aryl methyl sites for hydroxylation is 2. The lowest BCUT2D eigenvalue weighted by atomic mass is 10.1. The third kappa shape index (κ3) is 4.59. The minimum absolute atomic E-state index is 0.0375. The summed E-state index contributed by atoms with van der Waals surface area (Å²) in [7, 11) is 0. The van der Waals surface area contributed by atoms with E-state index in [1.807, 2.05) is 23.8 Å². The van der Waals surface area contributed by atoms with Crippen LogP contribution in [-0.2, 0) is 4.79 Å². The van der Waals surface area contributed by atoms with Gasteiger partial charge in [-0.15, -0.1) is 0 Å². The van der Waals surface area contributed by atoms with Crippen LogP contribution in [0, 0.1) is 13.8 Å². The van der Waals surface area contributed by atoms with Crippen molar-refractivity contribution in [2.45, 2.75) is 38.4 Å². The first-order valence-electron chi connectivity index (χ1n) is 7.69. The van der Waals surface area contributed by atoms with Crippen LogP contribution in [0.1, 0.15) is 24.5 Å². The molecule has 23 heavy (non-hydrogen) atoms. The number of aliphatic hydroxyl groups is 1. The van der Waals surface area contributed by atoms with Crippen LogP contribution < -0.4 is 5.32 Å². The molecule has 6 heteroatoms. The topological polar surface area (TPSA) is 67.2 Å². The predicted octanol–water partition coefficient (Wildman–Crippen LogP) is 2.47. The van der Waals surface area contributed by atoms with Crippen molar-refractivity contribution in [3.8, 4) is 5.69 Å². The summed E-state index contributed by atoms with van der Waals surface area (Å²) in [6.45, 7) is 6.05. The highest BCUT2D eigenvalue weighted by Crippen LogP contribution is 2.22. The molecule has 0 aliphatic heterocycles. The number of nitrogens with one attached hydrogen (secondary N) is 1. The predicted molar refractivity (Wildman–Crippen MR) is 93.1 cm³/mol. The van der Waals surface area contributed by atoms with Gasteiger partial charge in [-0.3, -0.25) is 9.36 Å². The summed E-state index contributed by atoms with van der Waals surface area (Å²) in [4.78, 5) is 16.3. The fraction of sp³-hybridized carbons (Fsp3) is 0.412. The number of hydrogen-bond acceptors (Lipinski definition) is 4. The smallest absolute Gasteiger partial charge is 0.230 e. The zero-order valence-electron chi connectivity index (χ0n) is 13.7. The molecule has 5 nitrogen and oxygen atoms in total. The van der Waals surface area contributed by atoms with Crippen LogP contribution in [0.5, 0.6) is 0 Å². The zero-order chi connectivity index (χ0) is 16.8. The summed E-state index contributed by atoms with van der Waals surface area (Å²) < 4.78 is 1.98. The van der Waals surface area contributed by atoms with Gasteiger partial charge in [-0.2, -0.15) is 0 Å². The van der Waals surface area contributed by atoms with E-state index < -0.39 is 0 Å². The molecule has 2 rings (SSSR count). The first kappa shape index (κ1) is 17.6. The van der Waals surface area contributed by atoms with Crippen molar-refractivity contribution in [1.82, 2.24) is 14.9 Å². The number of carbonyl (C=O) groups excluding carboxylic acids is 1. The maximum absolute atomic E-state index is 11.9. The number of hydrogen-bond donors (Lipinski definition) is 2. The second kappa shape index (κ2) is 8.17. The maximum Gasteiger partial charge on any atom is 0.230 e. The summed E-state index contributed by atoms with van der Waals surface area (Å²) in [6, 6.07) is 6.06. The summed E-state index contributed by atoms with van der Waals surface area (Å²) in [5.41, 5.74) is 3.51. The Bertz CT molecular complexity index is 666. The monoisotopic (exact) mass is 333 g/mol. The van der Waals surface area contributed by atoms with Gasteiger partial charge in [-0.1, -0.05) is 24.8 Å². The van der Waals surface area contributed by atoms with E-state index in [-0.39, 0.29) is 24.3 Å². The van der Waals surface area contributed by atoms with E-state index in [1.54, 1.807) is 6.20 Å². The summed E-state index contributed by atoms with van der Waals surface area (Å²) in [5, 5.41) is 12.7. The zero-order valence-corrected chi connectivity index (χ0v) is 14.6. The van der Waals surface area contributed by atoms with Crippen molar-refractivity contribution in [2.75, 3.05) is 12.4 Å². The molecule has 1 unspecified atom stereocenters. The van der Waals surface area contributed by atoms with E-state index in [0.29, 0.717) is 6.42 Å². The van der Waals surface area contributed by atoms with Crippen molar-refractivity contribution in [1.29, 1.82) is 0 Å². The number of carbonyl (C=O) groups is 1. The summed E-state index contributed by atoms with van der Waals surface area (Å²) >= 11 is 1.39. The Balaban J connectivity index is 2.04. The normalized spacial score (nSPS) is 12.2. The van der Waals surface area contributed by atoms with Crippen molar-refractivity contribution < 1.29 is 9.90 Å². The molecule has 124 valence electrons. The lowest BCUT2D eigenvalue weighted by molar-refractivity contribution is -0.119. The number of rotatable bonds is 7. The van der Waals surface area contributed by atoms with E-state index in [4.69, 9.17) is 5.11 Å². The van der Waals surface area contributed by atoms with Crippen LogP contribution in [0.15, 0.2) is 35.7 Å². The lowest BCUT2D eigenvalue weighted by Gasteiger charge is -2.14. The molecule has 0 saturated heterocycles. The minimum atomic E-state index is -0.178. The highest BCUT2D eigenvalue weighted by molar-refractivity contribution is 7.99. The Morgan fingerprint density at radius 1 is 1.39 bits per heavy atom. The molecule has 0 radical (unpaired) electrons. The standard InChI is InChI=1S/C17H23N3O2S/c1-4-14(10-21)19-16(22)11-23-17-18-7-8-20(17)15-6-5-12(2)13(3)9-15/h5-9,14,21H,4,10-11H2,1-3H3,(H,19,22). The Labute approximate surface area is 141 Å². The van der Waals surface area contributed by atoms with Gasteiger partial charge in [-0.25, -0.2) is 4.98 Å². The van der Waals surface area contributed by atoms with Gasteiger partial charge in [0.1, 0.15) is 0 Å². The third-order valence-electron chi connectivity index (χ3n) is 3.79. The number of nitrogens with zero attached hydrogens (tertiary/aromatic N) is 2. The van der Waals surface area contributed by atoms with Crippen molar-refractivity contribution in [2.24, 2.45) is 0 Å². The summed E-state index contributed by atoms with van der Waals surface area (Å²) in [5.74, 6) is 0.184. The van der Waals surface area contributed by atoms with Crippen LogP contribution in [0.3, 0.4) is 0 Å². The van der Waals surface area contributed by atoms with Crippen LogP contribution in [0.4, 0.5) is 0 Å². The van der Waals surface area contributed by atoms with E-state index in [2.05, 4.69) is 36.3 Å². The highest BCUT2D eigenvalue weighted by atomic mass is 32.2. The number of benzene rings is 1. The lowest BCUT2D eigenvalue weighted by Crippen LogP contribution is -2.38. The Morgan fingerprint density at radius 2 is 2.17 bits per heavy atom. The highest BCUT2D eigenvalue weighted by Gasteiger charge is 2.12. The molecule has 2 aromatic rings. The van der Waals surface area contributed by atoms with Gasteiger partial charge >= 0.3 is 0 Å². The van der Waals surface area contributed by atoms with Crippen LogP contribution in [-0.4, -0.2) is 39.0 Å². The fourth-order valence-electron chi connectivity index (χ4n) is 2.14. The third-order valence-corrected chi connectivity index (χ3v) is 4.75. The molecule has 1 heterocycles. The second-order valence-electron chi connectivity index (χ2n) is 5.49. The summed E-state index contributed by atoms with van der Waals surface area (Å²) in [6.07, 6.45) is 4.34. The van der Waals surface area contributed by atoms with Gasteiger partial charge in [0.2, 0.25) is 5.91 Å². The largest absolute Gasteiger partial charge is 0.394 e. The van der Waals surface area contributed by atoms with Crippen LogP contribution >= 0.6 is 11.8 Å². The molecule has 1 aromatic carbocycles. The Morgan fingerprint density at radius 3 is 2.83 bits per heavy atom. The molecule has 1 amide bonds. The van der Waals surface area contributed by atoms with Gasteiger partial charge in [0.25, 0.3) is 0 Å². The van der Waals surface area contributed by atoms with E-state index in [9.17, 15) is 4.79 Å². The Hall–Kier alpha value is -1.79. The number of aromatic nitrogens is 2. The molecule has 0 spiro atoms. The first-order chi connectivity index (χ1) is 11.0. The average molecular weight is 333 g/mol. The average Bonchev–Trinajstić information content (AvgIpc) is 3.01. The van der Waals surface area contributed by atoms with Gasteiger partial charge < -0.3 is 10.4 Å². The molecule has 0 saturated carbocycles. The molecule has 0 bridgehead atoms. The number of thioether (sulfide) groups is 1. The van der Waals surface area contributed by atoms with Gasteiger partial charge in [-0.05, 0) is 43.5 Å². The van der Waals surface area contributed by atoms with E-state index >= 15 is 0 Å². The number of imidazole rings is 1. The molecular formula is C17H23N3O2S. The van der Waals surface area contributed by atoms with Crippen molar-refractivity contribution in [3.05, 3.63) is 41.7 Å².